The van der Waals surface area contributed by atoms with Gasteiger partial charge in [-0.05, 0) is 42.7 Å². The van der Waals surface area contributed by atoms with Gasteiger partial charge in [-0.3, -0.25) is 9.78 Å². The van der Waals surface area contributed by atoms with Crippen molar-refractivity contribution in [3.8, 4) is 0 Å². The van der Waals surface area contributed by atoms with Gasteiger partial charge in [0, 0.05) is 11.9 Å². The van der Waals surface area contributed by atoms with Crippen LogP contribution in [0.25, 0.3) is 0 Å². The smallest absolute Gasteiger partial charge is 0.320 e. The first kappa shape index (κ1) is 15.7. The molecule has 0 atom stereocenters. The van der Waals surface area contributed by atoms with E-state index >= 15 is 0 Å². The number of aromatic nitrogens is 3. The van der Waals surface area contributed by atoms with Gasteiger partial charge in [-0.1, -0.05) is 24.2 Å². The van der Waals surface area contributed by atoms with E-state index < -0.39 is 5.91 Å². The number of nitrogens with zero attached hydrogens (tertiary/aromatic N) is 3. The van der Waals surface area contributed by atoms with E-state index in [0.29, 0.717) is 5.69 Å². The molecule has 0 spiro atoms. The largest absolute Gasteiger partial charge is 0.399 e. The van der Waals surface area contributed by atoms with Crippen LogP contribution in [0, 0.1) is 6.92 Å². The van der Waals surface area contributed by atoms with E-state index in [2.05, 4.69) is 32.7 Å². The Balaban J connectivity index is 1.66. The first-order chi connectivity index (χ1) is 11.6. The summed E-state index contributed by atoms with van der Waals surface area (Å²) in [6, 6.07) is 9.82. The lowest BCUT2D eigenvalue weighted by Crippen LogP contribution is -2.12. The Labute approximate surface area is 139 Å². The predicted octanol–water partition coefficient (Wildman–Crippen LogP) is 3.33. The molecule has 0 aliphatic rings. The molecule has 2 aromatic heterocycles. The van der Waals surface area contributed by atoms with Gasteiger partial charge in [0.1, 0.15) is 0 Å². The number of nitrogens with one attached hydrogen (secondary N) is 2. The number of carbonyl (C=O) groups excluding carboxylic acids is 1. The maximum atomic E-state index is 12.1. The molecule has 3 aromatic rings. The summed E-state index contributed by atoms with van der Waals surface area (Å²) in [4.78, 5) is 16.1. The number of aryl methyl sites for hydroxylation is 2. The van der Waals surface area contributed by atoms with Crippen LogP contribution in [0.3, 0.4) is 0 Å². The second kappa shape index (κ2) is 6.91. The minimum atomic E-state index is -0.482. The highest BCUT2D eigenvalue weighted by Gasteiger charge is 2.15. The Kier molecular flexibility index (Phi) is 4.51. The van der Waals surface area contributed by atoms with E-state index in [-0.39, 0.29) is 11.9 Å². The van der Waals surface area contributed by atoms with Gasteiger partial charge in [-0.15, -0.1) is 5.10 Å². The van der Waals surface area contributed by atoms with Crippen LogP contribution < -0.4 is 10.6 Å². The first-order valence-electron chi connectivity index (χ1n) is 7.56. The zero-order chi connectivity index (χ0) is 16.9. The zero-order valence-corrected chi connectivity index (χ0v) is 13.4. The minimum Gasteiger partial charge on any atom is -0.399 e. The summed E-state index contributed by atoms with van der Waals surface area (Å²) in [5, 5.41) is 13.2. The first-order valence-corrected chi connectivity index (χ1v) is 7.56. The molecule has 24 heavy (non-hydrogen) atoms. The second-order valence-corrected chi connectivity index (χ2v) is 5.29. The summed E-state index contributed by atoms with van der Waals surface area (Å²) < 4.78 is 5.34. The average molecular weight is 323 g/mol. The van der Waals surface area contributed by atoms with Crippen LogP contribution in [-0.4, -0.2) is 21.1 Å². The molecule has 3 rings (SSSR count). The van der Waals surface area contributed by atoms with Crippen molar-refractivity contribution in [2.45, 2.75) is 20.3 Å². The molecule has 0 fully saturated rings. The van der Waals surface area contributed by atoms with Crippen LogP contribution in [0.1, 0.15) is 28.7 Å². The highest BCUT2D eigenvalue weighted by Crippen LogP contribution is 2.17. The monoisotopic (exact) mass is 323 g/mol. The molecule has 0 bridgehead atoms. The van der Waals surface area contributed by atoms with Gasteiger partial charge >= 0.3 is 17.8 Å². The van der Waals surface area contributed by atoms with E-state index in [1.807, 2.05) is 31.2 Å². The Morgan fingerprint density at radius 2 is 1.92 bits per heavy atom. The molecule has 0 unspecified atom stereocenters. The van der Waals surface area contributed by atoms with Gasteiger partial charge in [0.05, 0.1) is 11.9 Å². The van der Waals surface area contributed by atoms with Crippen LogP contribution in [0.15, 0.2) is 47.1 Å². The van der Waals surface area contributed by atoms with E-state index in [4.69, 9.17) is 4.42 Å². The van der Waals surface area contributed by atoms with Crippen molar-refractivity contribution in [1.82, 2.24) is 15.2 Å². The molecule has 0 aliphatic heterocycles. The summed E-state index contributed by atoms with van der Waals surface area (Å²) in [5.41, 5.74) is 3.56. The molecular formula is C17H17N5O2. The molecule has 7 heteroatoms. The number of rotatable bonds is 5. The number of pyridine rings is 1. The lowest BCUT2D eigenvalue weighted by molar-refractivity contribution is 0.0991. The fourth-order valence-corrected chi connectivity index (χ4v) is 2.12. The maximum Gasteiger partial charge on any atom is 0.320 e. The third-order valence-electron chi connectivity index (χ3n) is 3.37. The molecule has 122 valence electrons. The van der Waals surface area contributed by atoms with E-state index in [1.54, 1.807) is 18.5 Å². The third-order valence-corrected chi connectivity index (χ3v) is 3.37. The van der Waals surface area contributed by atoms with Crippen molar-refractivity contribution in [2.75, 3.05) is 10.6 Å². The predicted molar refractivity (Wildman–Crippen MR) is 90.3 cm³/mol. The van der Waals surface area contributed by atoms with Gasteiger partial charge < -0.3 is 15.1 Å². The van der Waals surface area contributed by atoms with Gasteiger partial charge in [-0.2, -0.15) is 0 Å². The topological polar surface area (TPSA) is 92.9 Å². The maximum absolute atomic E-state index is 12.1. The van der Waals surface area contributed by atoms with Crippen LogP contribution in [0.2, 0.25) is 0 Å². The van der Waals surface area contributed by atoms with Gasteiger partial charge in [0.25, 0.3) is 0 Å². The quantitative estimate of drug-likeness (QED) is 0.748. The normalized spacial score (nSPS) is 10.4. The Hall–Kier alpha value is -3.22. The van der Waals surface area contributed by atoms with E-state index in [1.165, 1.54) is 5.56 Å². The lowest BCUT2D eigenvalue weighted by Gasteiger charge is -2.03. The number of hydrogen-bond acceptors (Lipinski definition) is 6. The lowest BCUT2D eigenvalue weighted by atomic mass is 10.1. The van der Waals surface area contributed by atoms with Gasteiger partial charge in [0.2, 0.25) is 0 Å². The molecule has 2 heterocycles. The third kappa shape index (κ3) is 3.75. The van der Waals surface area contributed by atoms with E-state index in [0.717, 1.165) is 17.7 Å². The molecule has 1 amide bonds. The van der Waals surface area contributed by atoms with Crippen LogP contribution >= 0.6 is 0 Å². The van der Waals surface area contributed by atoms with Gasteiger partial charge in [-0.25, -0.2) is 0 Å². The summed E-state index contributed by atoms with van der Waals surface area (Å²) in [6.07, 6.45) is 4.23. The molecular weight excluding hydrogens is 306 g/mol. The molecule has 0 aliphatic carbocycles. The number of hydrogen-bond donors (Lipinski definition) is 2. The van der Waals surface area contributed by atoms with Crippen molar-refractivity contribution in [2.24, 2.45) is 0 Å². The van der Waals surface area contributed by atoms with Crippen LogP contribution in [-0.2, 0) is 6.42 Å². The highest BCUT2D eigenvalue weighted by atomic mass is 16.4. The zero-order valence-electron chi connectivity index (χ0n) is 13.4. The van der Waals surface area contributed by atoms with E-state index in [9.17, 15) is 4.79 Å². The SMILES string of the molecule is CCc1ccc(Nc2nnc(C(=O)Nc3cncc(C)c3)o2)cc1. The van der Waals surface area contributed by atoms with Crippen molar-refractivity contribution in [3.05, 3.63) is 59.7 Å². The van der Waals surface area contributed by atoms with Crippen LogP contribution in [0.4, 0.5) is 17.4 Å². The van der Waals surface area contributed by atoms with Crippen LogP contribution in [0.5, 0.6) is 0 Å². The summed E-state index contributed by atoms with van der Waals surface area (Å²) >= 11 is 0. The number of benzene rings is 1. The van der Waals surface area contributed by atoms with Crippen molar-refractivity contribution in [3.63, 3.8) is 0 Å². The number of anilines is 3. The molecule has 0 radical (unpaired) electrons. The average Bonchev–Trinajstić information content (AvgIpc) is 3.04. The summed E-state index contributed by atoms with van der Waals surface area (Å²) in [6.45, 7) is 3.98. The van der Waals surface area contributed by atoms with Crippen molar-refractivity contribution in [1.29, 1.82) is 0 Å². The fourth-order valence-electron chi connectivity index (χ4n) is 2.12. The Bertz CT molecular complexity index is 842. The molecule has 7 nitrogen and oxygen atoms in total. The minimum absolute atomic E-state index is 0.121. The highest BCUT2D eigenvalue weighted by molar-refractivity contribution is 6.00. The standard InChI is InChI=1S/C17H17N5O2/c1-3-12-4-6-13(7-5-12)20-17-22-21-16(24-17)15(23)19-14-8-11(2)9-18-10-14/h4-10H,3H2,1-2H3,(H,19,23)(H,20,22). The second-order valence-electron chi connectivity index (χ2n) is 5.29. The molecule has 0 saturated carbocycles. The number of carbonyl (C=O) groups is 1. The molecule has 1 aromatic carbocycles. The fraction of sp³-hybridized carbons (Fsp3) is 0.176. The molecule has 2 N–H and O–H groups in total. The van der Waals surface area contributed by atoms with Crippen molar-refractivity contribution < 1.29 is 9.21 Å². The van der Waals surface area contributed by atoms with Crippen molar-refractivity contribution >= 4 is 23.3 Å². The molecule has 0 saturated heterocycles. The Morgan fingerprint density at radius 1 is 1.12 bits per heavy atom. The number of amides is 1. The summed E-state index contributed by atoms with van der Waals surface area (Å²) in [5.74, 6) is -0.603. The van der Waals surface area contributed by atoms with Gasteiger partial charge in [0.15, 0.2) is 0 Å². The Morgan fingerprint density at radius 3 is 2.62 bits per heavy atom. The summed E-state index contributed by atoms with van der Waals surface area (Å²) in [7, 11) is 0.